The zero-order chi connectivity index (χ0) is 22.1. The van der Waals surface area contributed by atoms with Crippen LogP contribution < -0.4 is 16.1 Å². The van der Waals surface area contributed by atoms with Crippen LogP contribution in [0.15, 0.2) is 24.3 Å². The molecule has 1 aromatic carbocycles. The first-order chi connectivity index (χ1) is 14.2. The summed E-state index contributed by atoms with van der Waals surface area (Å²) in [6.07, 6.45) is 4.38. The largest absolute Gasteiger partial charge is 0.337 e. The van der Waals surface area contributed by atoms with Gasteiger partial charge in [-0.3, -0.25) is 14.8 Å². The van der Waals surface area contributed by atoms with Crippen LogP contribution in [-0.2, 0) is 9.59 Å². The van der Waals surface area contributed by atoms with Crippen molar-refractivity contribution in [2.24, 2.45) is 11.3 Å². The van der Waals surface area contributed by atoms with E-state index in [1.807, 2.05) is 13.8 Å². The molecule has 0 unspecified atom stereocenters. The molecule has 0 atom stereocenters. The molecular formula is C21H31FN4O4. The molecule has 4 N–H and O–H groups in total. The number of hydrogen-bond donors (Lipinski definition) is 4. The second kappa shape index (κ2) is 10.9. The Kier molecular flexibility index (Phi) is 8.58. The molecule has 8 nitrogen and oxygen atoms in total. The molecule has 1 aliphatic rings. The van der Waals surface area contributed by atoms with E-state index in [2.05, 4.69) is 10.6 Å². The maximum absolute atomic E-state index is 13.6. The van der Waals surface area contributed by atoms with E-state index in [-0.39, 0.29) is 31.1 Å². The highest BCUT2D eigenvalue weighted by atomic mass is 19.1. The van der Waals surface area contributed by atoms with Gasteiger partial charge in [0.05, 0.1) is 5.69 Å². The molecule has 0 saturated heterocycles. The second-order valence-corrected chi connectivity index (χ2v) is 8.59. The lowest BCUT2D eigenvalue weighted by atomic mass is 9.88. The summed E-state index contributed by atoms with van der Waals surface area (Å²) in [5, 5.41) is 13.9. The molecule has 1 aliphatic carbocycles. The summed E-state index contributed by atoms with van der Waals surface area (Å²) in [6.45, 7) is 4.11. The van der Waals surface area contributed by atoms with Gasteiger partial charge in [-0.25, -0.2) is 14.7 Å². The van der Waals surface area contributed by atoms with Crippen LogP contribution in [0.3, 0.4) is 0 Å². The van der Waals surface area contributed by atoms with Crippen LogP contribution in [0, 0.1) is 17.2 Å². The van der Waals surface area contributed by atoms with Gasteiger partial charge < -0.3 is 15.5 Å². The summed E-state index contributed by atoms with van der Waals surface area (Å²) in [7, 11) is 0. The molecule has 30 heavy (non-hydrogen) atoms. The minimum Gasteiger partial charge on any atom is -0.337 e. The third kappa shape index (κ3) is 7.62. The molecule has 1 saturated carbocycles. The van der Waals surface area contributed by atoms with Crippen LogP contribution in [0.25, 0.3) is 0 Å². The SMILES string of the molecule is CC(C)(CNC(=O)Nc1ccccc1F)CC(=O)N(CC(=O)NO)CC1CCCC1. The van der Waals surface area contributed by atoms with E-state index in [4.69, 9.17) is 5.21 Å². The fourth-order valence-corrected chi connectivity index (χ4v) is 3.60. The number of carbonyl (C=O) groups excluding carboxylic acids is 3. The fourth-order valence-electron chi connectivity index (χ4n) is 3.60. The second-order valence-electron chi connectivity index (χ2n) is 8.59. The van der Waals surface area contributed by atoms with Crippen molar-refractivity contribution in [3.05, 3.63) is 30.1 Å². The van der Waals surface area contributed by atoms with Gasteiger partial charge in [0, 0.05) is 19.5 Å². The minimum atomic E-state index is -0.637. The Bertz CT molecular complexity index is 750. The molecule has 1 fully saturated rings. The number of benzene rings is 1. The van der Waals surface area contributed by atoms with Crippen LogP contribution in [0.2, 0.25) is 0 Å². The Morgan fingerprint density at radius 1 is 1.20 bits per heavy atom. The average Bonchev–Trinajstić information content (AvgIpc) is 3.20. The van der Waals surface area contributed by atoms with Gasteiger partial charge in [0.2, 0.25) is 5.91 Å². The van der Waals surface area contributed by atoms with Gasteiger partial charge in [0.25, 0.3) is 5.91 Å². The lowest BCUT2D eigenvalue weighted by Gasteiger charge is -2.30. The molecule has 0 heterocycles. The first-order valence-corrected chi connectivity index (χ1v) is 10.2. The molecule has 2 rings (SSSR count). The predicted molar refractivity (Wildman–Crippen MR) is 110 cm³/mol. The number of hydroxylamine groups is 1. The van der Waals surface area contributed by atoms with Gasteiger partial charge in [0.15, 0.2) is 0 Å². The van der Waals surface area contributed by atoms with Crippen molar-refractivity contribution >= 4 is 23.5 Å². The summed E-state index contributed by atoms with van der Waals surface area (Å²) in [4.78, 5) is 38.1. The first kappa shape index (κ1) is 23.6. The van der Waals surface area contributed by atoms with Crippen molar-refractivity contribution in [1.29, 1.82) is 0 Å². The van der Waals surface area contributed by atoms with Crippen LogP contribution in [0.4, 0.5) is 14.9 Å². The van der Waals surface area contributed by atoms with Crippen LogP contribution in [0.5, 0.6) is 0 Å². The molecule has 0 aromatic heterocycles. The molecule has 9 heteroatoms. The lowest BCUT2D eigenvalue weighted by Crippen LogP contribution is -2.45. The van der Waals surface area contributed by atoms with Crippen molar-refractivity contribution in [1.82, 2.24) is 15.7 Å². The van der Waals surface area contributed by atoms with E-state index in [0.717, 1.165) is 25.7 Å². The number of halogens is 1. The van der Waals surface area contributed by atoms with Crippen LogP contribution >= 0.6 is 0 Å². The summed E-state index contributed by atoms with van der Waals surface area (Å²) in [5.74, 6) is -1.03. The van der Waals surface area contributed by atoms with Crippen molar-refractivity contribution in [3.8, 4) is 0 Å². The maximum atomic E-state index is 13.6. The molecule has 4 amide bonds. The maximum Gasteiger partial charge on any atom is 0.319 e. The number of para-hydroxylation sites is 1. The minimum absolute atomic E-state index is 0.0710. The Balaban J connectivity index is 1.89. The third-order valence-electron chi connectivity index (χ3n) is 5.24. The zero-order valence-electron chi connectivity index (χ0n) is 17.5. The number of amides is 4. The Morgan fingerprint density at radius 3 is 2.50 bits per heavy atom. The van der Waals surface area contributed by atoms with Crippen LogP contribution in [0.1, 0.15) is 46.0 Å². The monoisotopic (exact) mass is 422 g/mol. The van der Waals surface area contributed by atoms with E-state index in [1.165, 1.54) is 23.1 Å². The number of nitrogens with one attached hydrogen (secondary N) is 3. The first-order valence-electron chi connectivity index (χ1n) is 10.2. The van der Waals surface area contributed by atoms with Gasteiger partial charge in [0.1, 0.15) is 12.4 Å². The van der Waals surface area contributed by atoms with E-state index in [9.17, 15) is 18.8 Å². The van der Waals surface area contributed by atoms with Crippen molar-refractivity contribution in [2.45, 2.75) is 46.0 Å². The normalized spacial score (nSPS) is 14.3. The number of anilines is 1. The Hall–Kier alpha value is -2.68. The quantitative estimate of drug-likeness (QED) is 0.362. The van der Waals surface area contributed by atoms with E-state index < -0.39 is 23.2 Å². The lowest BCUT2D eigenvalue weighted by molar-refractivity contribution is -0.141. The highest BCUT2D eigenvalue weighted by Gasteiger charge is 2.29. The van der Waals surface area contributed by atoms with Crippen molar-refractivity contribution < 1.29 is 24.0 Å². The van der Waals surface area contributed by atoms with E-state index in [1.54, 1.807) is 11.5 Å². The average molecular weight is 423 g/mol. The van der Waals surface area contributed by atoms with E-state index in [0.29, 0.717) is 12.5 Å². The fraction of sp³-hybridized carbons (Fsp3) is 0.571. The summed E-state index contributed by atoms with van der Waals surface area (Å²) in [5.41, 5.74) is 1.06. The summed E-state index contributed by atoms with van der Waals surface area (Å²) in [6, 6.07) is 5.28. The van der Waals surface area contributed by atoms with Gasteiger partial charge in [-0.05, 0) is 36.3 Å². The predicted octanol–water partition coefficient (Wildman–Crippen LogP) is 2.89. The van der Waals surface area contributed by atoms with Crippen molar-refractivity contribution in [2.75, 3.05) is 25.0 Å². The van der Waals surface area contributed by atoms with Crippen LogP contribution in [-0.4, -0.2) is 47.6 Å². The molecular weight excluding hydrogens is 391 g/mol. The van der Waals surface area contributed by atoms with E-state index >= 15 is 0 Å². The number of carbonyl (C=O) groups is 3. The Morgan fingerprint density at radius 2 is 1.87 bits per heavy atom. The molecule has 0 aliphatic heterocycles. The number of nitrogens with zero attached hydrogens (tertiary/aromatic N) is 1. The Labute approximate surface area is 176 Å². The molecule has 166 valence electrons. The molecule has 0 bridgehead atoms. The summed E-state index contributed by atoms with van der Waals surface area (Å²) < 4.78 is 13.6. The highest BCUT2D eigenvalue weighted by molar-refractivity contribution is 5.89. The standard InChI is InChI=1S/C21H31FN4O4/c1-21(2,14-23-20(29)24-17-10-6-5-9-16(17)22)11-19(28)26(13-18(27)25-30)12-15-7-3-4-8-15/h5-6,9-10,15,30H,3-4,7-8,11-14H2,1-2H3,(H,25,27)(H2,23,24,29). The third-order valence-corrected chi connectivity index (χ3v) is 5.24. The van der Waals surface area contributed by atoms with Gasteiger partial charge >= 0.3 is 6.03 Å². The van der Waals surface area contributed by atoms with Gasteiger partial charge in [-0.15, -0.1) is 0 Å². The zero-order valence-corrected chi connectivity index (χ0v) is 17.5. The molecule has 1 aromatic rings. The number of hydrogen-bond acceptors (Lipinski definition) is 4. The molecule has 0 radical (unpaired) electrons. The summed E-state index contributed by atoms with van der Waals surface area (Å²) >= 11 is 0. The molecule has 0 spiro atoms. The number of urea groups is 1. The van der Waals surface area contributed by atoms with Crippen molar-refractivity contribution in [3.63, 3.8) is 0 Å². The topological polar surface area (TPSA) is 111 Å². The highest BCUT2D eigenvalue weighted by Crippen LogP contribution is 2.27. The smallest absolute Gasteiger partial charge is 0.319 e. The van der Waals surface area contributed by atoms with Gasteiger partial charge in [-0.2, -0.15) is 0 Å². The van der Waals surface area contributed by atoms with Gasteiger partial charge in [-0.1, -0.05) is 38.8 Å². The number of rotatable bonds is 9.